The summed E-state index contributed by atoms with van der Waals surface area (Å²) in [5.74, 6) is 2.54. The van der Waals surface area contributed by atoms with E-state index in [1.54, 1.807) is 14.2 Å². The van der Waals surface area contributed by atoms with Gasteiger partial charge in [-0.05, 0) is 32.1 Å². The molecule has 2 atom stereocenters. The molecule has 1 fully saturated rings. The molecule has 3 aliphatic rings. The zero-order valence-corrected chi connectivity index (χ0v) is 20.6. The molecule has 0 saturated heterocycles. The summed E-state index contributed by atoms with van der Waals surface area (Å²) in [6.45, 7) is 8.39. The average Bonchev–Trinajstić information content (AvgIpc) is 3.54. The minimum atomic E-state index is -0.318. The Morgan fingerprint density at radius 3 is 1.33 bits per heavy atom. The molecule has 5 rings (SSSR count). The summed E-state index contributed by atoms with van der Waals surface area (Å²) in [6.07, 6.45) is 12.6. The molecule has 4 heteroatoms. The largest absolute Gasteiger partial charge is 0.507 e. The molecule has 2 aromatic rings. The van der Waals surface area contributed by atoms with Crippen LogP contribution in [0.3, 0.4) is 0 Å². The van der Waals surface area contributed by atoms with Crippen molar-refractivity contribution in [3.8, 4) is 23.0 Å². The van der Waals surface area contributed by atoms with Gasteiger partial charge in [0.05, 0.1) is 14.2 Å². The summed E-state index contributed by atoms with van der Waals surface area (Å²) in [6, 6.07) is 0. The van der Waals surface area contributed by atoms with Gasteiger partial charge in [-0.15, -0.1) is 0 Å². The van der Waals surface area contributed by atoms with Gasteiger partial charge in [-0.3, -0.25) is 0 Å². The van der Waals surface area contributed by atoms with E-state index in [4.69, 9.17) is 9.47 Å². The first-order valence-electron chi connectivity index (χ1n) is 12.2. The molecule has 0 heterocycles. The van der Waals surface area contributed by atoms with Crippen LogP contribution in [-0.4, -0.2) is 24.4 Å². The Morgan fingerprint density at radius 2 is 1.03 bits per heavy atom. The summed E-state index contributed by atoms with van der Waals surface area (Å²) < 4.78 is 12.1. The van der Waals surface area contributed by atoms with Gasteiger partial charge in [0, 0.05) is 55.3 Å². The molecule has 0 radical (unpaired) electrons. The molecular formula is C29H34O4. The van der Waals surface area contributed by atoms with Crippen molar-refractivity contribution in [1.82, 2.24) is 0 Å². The Morgan fingerprint density at radius 1 is 0.667 bits per heavy atom. The highest BCUT2D eigenvalue weighted by Gasteiger charge is 2.72. The number of phenolic OH excluding ortho intramolecular Hbond substituents is 2. The second-order valence-electron chi connectivity index (χ2n) is 9.46. The van der Waals surface area contributed by atoms with Crippen LogP contribution in [0.1, 0.15) is 78.6 Å². The smallest absolute Gasteiger partial charge is 0.127 e. The van der Waals surface area contributed by atoms with E-state index in [0.717, 1.165) is 88.1 Å². The Hall–Kier alpha value is -2.88. The Balaban J connectivity index is 1.86. The fraction of sp³-hybridized carbons (Fsp3) is 0.448. The van der Waals surface area contributed by atoms with Crippen LogP contribution in [0, 0.1) is 0 Å². The fourth-order valence-corrected chi connectivity index (χ4v) is 6.89. The number of hydrogen-bond acceptors (Lipinski definition) is 4. The van der Waals surface area contributed by atoms with E-state index in [-0.39, 0.29) is 10.8 Å². The van der Waals surface area contributed by atoms with Crippen molar-refractivity contribution < 1.29 is 19.7 Å². The summed E-state index contributed by atoms with van der Waals surface area (Å²) in [7, 11) is 3.47. The normalized spacial score (nSPS) is 23.5. The van der Waals surface area contributed by atoms with Gasteiger partial charge >= 0.3 is 0 Å². The third-order valence-corrected chi connectivity index (χ3v) is 8.36. The number of phenols is 2. The van der Waals surface area contributed by atoms with Crippen LogP contribution in [0.15, 0.2) is 12.2 Å². The molecule has 0 unspecified atom stereocenters. The van der Waals surface area contributed by atoms with Crippen molar-refractivity contribution >= 4 is 12.2 Å². The molecule has 0 aromatic heterocycles. The van der Waals surface area contributed by atoms with E-state index in [1.807, 2.05) is 0 Å². The lowest BCUT2D eigenvalue weighted by molar-refractivity contribution is 0.388. The lowest BCUT2D eigenvalue weighted by Crippen LogP contribution is -2.28. The van der Waals surface area contributed by atoms with Crippen LogP contribution in [-0.2, 0) is 36.5 Å². The molecule has 1 saturated carbocycles. The molecule has 4 nitrogen and oxygen atoms in total. The van der Waals surface area contributed by atoms with Crippen LogP contribution in [0.4, 0.5) is 0 Å². The van der Waals surface area contributed by atoms with Crippen molar-refractivity contribution in [2.45, 2.75) is 70.6 Å². The maximum atomic E-state index is 11.3. The first-order chi connectivity index (χ1) is 15.9. The van der Waals surface area contributed by atoms with Gasteiger partial charge in [0.15, 0.2) is 0 Å². The van der Waals surface area contributed by atoms with Crippen molar-refractivity contribution in [2.75, 3.05) is 14.2 Å². The van der Waals surface area contributed by atoms with Crippen LogP contribution in [0.2, 0.25) is 0 Å². The molecule has 0 bridgehead atoms. The molecule has 2 N–H and O–H groups in total. The van der Waals surface area contributed by atoms with Crippen LogP contribution in [0.25, 0.3) is 12.2 Å². The Labute approximate surface area is 196 Å². The number of ether oxygens (including phenoxy) is 2. The van der Waals surface area contributed by atoms with Gasteiger partial charge in [-0.25, -0.2) is 0 Å². The number of allylic oxidation sites excluding steroid dienone is 2. The Bertz CT molecular complexity index is 1140. The van der Waals surface area contributed by atoms with Gasteiger partial charge in [0.25, 0.3) is 0 Å². The van der Waals surface area contributed by atoms with Gasteiger partial charge in [-0.2, -0.15) is 0 Å². The number of methoxy groups -OCH3 is 2. The van der Waals surface area contributed by atoms with Gasteiger partial charge in [0.2, 0.25) is 0 Å². The first kappa shape index (κ1) is 21.9. The highest BCUT2D eigenvalue weighted by atomic mass is 16.5. The first-order valence-corrected chi connectivity index (χ1v) is 12.2. The van der Waals surface area contributed by atoms with E-state index in [9.17, 15) is 10.2 Å². The average molecular weight is 447 g/mol. The van der Waals surface area contributed by atoms with E-state index >= 15 is 0 Å². The summed E-state index contributed by atoms with van der Waals surface area (Å²) in [5.41, 5.74) is 7.36. The van der Waals surface area contributed by atoms with Crippen molar-refractivity contribution in [3.63, 3.8) is 0 Å². The zero-order valence-electron chi connectivity index (χ0n) is 20.6. The summed E-state index contributed by atoms with van der Waals surface area (Å²) in [5, 5.41) is 22.6. The highest BCUT2D eigenvalue weighted by molar-refractivity contribution is 5.88. The topological polar surface area (TPSA) is 58.9 Å². The third-order valence-electron chi connectivity index (χ3n) is 8.36. The maximum Gasteiger partial charge on any atom is 0.127 e. The SMILES string of the molecule is CCc1c(O)c2c(c(OC)c1CC)[C@@]13C=Cc4c(O)c(CC)c(CC)c(OC)c4[C@]1(C=C2)C3. The molecule has 33 heavy (non-hydrogen) atoms. The number of aromatic hydroxyl groups is 2. The summed E-state index contributed by atoms with van der Waals surface area (Å²) in [4.78, 5) is 0. The van der Waals surface area contributed by atoms with Crippen molar-refractivity contribution in [1.29, 1.82) is 0 Å². The van der Waals surface area contributed by atoms with Gasteiger partial charge in [-0.1, -0.05) is 52.0 Å². The minimum Gasteiger partial charge on any atom is -0.507 e. The van der Waals surface area contributed by atoms with Crippen LogP contribution >= 0.6 is 0 Å². The van der Waals surface area contributed by atoms with Crippen molar-refractivity contribution in [2.24, 2.45) is 0 Å². The minimum absolute atomic E-state index is 0.318. The van der Waals surface area contributed by atoms with Gasteiger partial charge < -0.3 is 19.7 Å². The molecule has 174 valence electrons. The predicted octanol–water partition coefficient (Wildman–Crippen LogP) is 6.00. The molecule has 3 aliphatic carbocycles. The van der Waals surface area contributed by atoms with Gasteiger partial charge in [0.1, 0.15) is 23.0 Å². The monoisotopic (exact) mass is 446 g/mol. The van der Waals surface area contributed by atoms with Crippen LogP contribution < -0.4 is 9.47 Å². The maximum absolute atomic E-state index is 11.3. The predicted molar refractivity (Wildman–Crippen MR) is 133 cm³/mol. The lowest BCUT2D eigenvalue weighted by Gasteiger charge is -2.36. The van der Waals surface area contributed by atoms with E-state index in [1.165, 1.54) is 0 Å². The van der Waals surface area contributed by atoms with Crippen molar-refractivity contribution in [3.05, 3.63) is 56.7 Å². The molecule has 0 amide bonds. The number of benzene rings is 2. The second kappa shape index (κ2) is 7.31. The summed E-state index contributed by atoms with van der Waals surface area (Å²) >= 11 is 0. The highest BCUT2D eigenvalue weighted by Crippen LogP contribution is 2.76. The number of fused-ring (bicyclic) bond motifs is 2. The molecule has 2 aromatic carbocycles. The zero-order chi connectivity index (χ0) is 23.7. The van der Waals surface area contributed by atoms with E-state index in [2.05, 4.69) is 52.0 Å². The molecule has 0 aliphatic heterocycles. The van der Waals surface area contributed by atoms with Crippen LogP contribution in [0.5, 0.6) is 23.0 Å². The second-order valence-corrected chi connectivity index (χ2v) is 9.46. The molecular weight excluding hydrogens is 412 g/mol. The fourth-order valence-electron chi connectivity index (χ4n) is 6.89. The lowest BCUT2D eigenvalue weighted by atomic mass is 9.69. The quantitative estimate of drug-likeness (QED) is 0.572. The number of rotatable bonds is 6. The molecule has 0 spiro atoms. The third kappa shape index (κ3) is 2.42. The van der Waals surface area contributed by atoms with E-state index in [0.29, 0.717) is 11.5 Å². The van der Waals surface area contributed by atoms with E-state index < -0.39 is 0 Å². The number of hydrogen-bond donors (Lipinski definition) is 2. The Kier molecular flexibility index (Phi) is 4.86. The standard InChI is InChI=1S/C29H34O4/c1-7-16-18(9-3)26(32-5)22-20(24(16)30)11-13-29-15-28(22,29)14-12-21-23(29)27(33-6)19(10-4)17(8-2)25(21)31/h11-14,30-31H,7-10,15H2,1-6H3/t28-,29-/m0/s1.